The highest BCUT2D eigenvalue weighted by atomic mass is 19.1. The van der Waals surface area contributed by atoms with Gasteiger partial charge in [0.25, 0.3) is 0 Å². The Kier molecular flexibility index (Phi) is 4.90. The summed E-state index contributed by atoms with van der Waals surface area (Å²) < 4.78 is 18.4. The molecule has 0 radical (unpaired) electrons. The monoisotopic (exact) mass is 240 g/mol. The van der Waals surface area contributed by atoms with Gasteiger partial charge in [0.15, 0.2) is 0 Å². The Morgan fingerprint density at radius 1 is 1.53 bits per heavy atom. The van der Waals surface area contributed by atoms with E-state index in [1.165, 1.54) is 6.07 Å². The van der Waals surface area contributed by atoms with Gasteiger partial charge in [0.1, 0.15) is 5.82 Å². The Bertz CT molecular complexity index is 394. The normalized spacial score (nSPS) is 10.4. The molecule has 0 saturated heterocycles. The third-order valence-electron chi connectivity index (χ3n) is 2.12. The Balaban J connectivity index is 2.55. The fourth-order valence-electron chi connectivity index (χ4n) is 1.28. The van der Waals surface area contributed by atoms with E-state index in [-0.39, 0.29) is 18.5 Å². The number of ether oxygens (including phenoxy) is 1. The highest BCUT2D eigenvalue weighted by molar-refractivity contribution is 5.67. The summed E-state index contributed by atoms with van der Waals surface area (Å²) in [6.07, 6.45) is -0.748. The summed E-state index contributed by atoms with van der Waals surface area (Å²) >= 11 is 0. The molecular weight excluding hydrogens is 223 g/mol. The summed E-state index contributed by atoms with van der Waals surface area (Å²) in [6, 6.07) is 4.70. The van der Waals surface area contributed by atoms with Gasteiger partial charge >= 0.3 is 6.09 Å². The van der Waals surface area contributed by atoms with Crippen molar-refractivity contribution in [1.29, 1.82) is 0 Å². The van der Waals surface area contributed by atoms with Gasteiger partial charge in [-0.2, -0.15) is 0 Å². The second-order valence-electron chi connectivity index (χ2n) is 3.94. The van der Waals surface area contributed by atoms with Gasteiger partial charge in [0.2, 0.25) is 0 Å². The average molecular weight is 240 g/mol. The third kappa shape index (κ3) is 4.40. The van der Waals surface area contributed by atoms with E-state index in [1.54, 1.807) is 26.0 Å². The molecular formula is C12H17FN2O2. The second-order valence-corrected chi connectivity index (χ2v) is 3.94. The molecule has 0 bridgehead atoms. The van der Waals surface area contributed by atoms with E-state index in [1.807, 2.05) is 0 Å². The maximum absolute atomic E-state index is 13.5. The van der Waals surface area contributed by atoms with Gasteiger partial charge in [-0.3, -0.25) is 0 Å². The van der Waals surface area contributed by atoms with Crippen LogP contribution < -0.4 is 11.1 Å². The van der Waals surface area contributed by atoms with Crippen molar-refractivity contribution >= 4 is 6.09 Å². The van der Waals surface area contributed by atoms with E-state index in [0.29, 0.717) is 12.1 Å². The molecule has 0 fully saturated rings. The second kappa shape index (κ2) is 6.20. The van der Waals surface area contributed by atoms with Crippen LogP contribution in [0.5, 0.6) is 0 Å². The van der Waals surface area contributed by atoms with Gasteiger partial charge < -0.3 is 15.8 Å². The summed E-state index contributed by atoms with van der Waals surface area (Å²) in [5.41, 5.74) is 6.51. The van der Waals surface area contributed by atoms with Gasteiger partial charge in [0, 0.05) is 18.7 Å². The summed E-state index contributed by atoms with van der Waals surface area (Å²) in [5, 5.41) is 2.48. The molecule has 0 aromatic heterocycles. The number of alkyl carbamates (subject to hydrolysis) is 1. The third-order valence-corrected chi connectivity index (χ3v) is 2.12. The smallest absolute Gasteiger partial charge is 0.407 e. The Hall–Kier alpha value is -1.62. The fourth-order valence-corrected chi connectivity index (χ4v) is 1.28. The lowest BCUT2D eigenvalue weighted by Crippen LogP contribution is -2.26. The van der Waals surface area contributed by atoms with E-state index >= 15 is 0 Å². The largest absolute Gasteiger partial charge is 0.447 e. The van der Waals surface area contributed by atoms with Gasteiger partial charge in [-0.15, -0.1) is 0 Å². The number of nitrogens with two attached hydrogens (primary N) is 1. The Morgan fingerprint density at radius 3 is 2.76 bits per heavy atom. The minimum atomic E-state index is -0.553. The molecule has 1 aromatic rings. The van der Waals surface area contributed by atoms with E-state index in [2.05, 4.69) is 5.32 Å². The summed E-state index contributed by atoms with van der Waals surface area (Å²) in [7, 11) is 0. The minimum Gasteiger partial charge on any atom is -0.447 e. The van der Waals surface area contributed by atoms with Crippen molar-refractivity contribution in [3.8, 4) is 0 Å². The molecule has 4 nitrogen and oxygen atoms in total. The van der Waals surface area contributed by atoms with Crippen LogP contribution in [0.4, 0.5) is 9.18 Å². The molecule has 0 aliphatic carbocycles. The number of benzene rings is 1. The van der Waals surface area contributed by atoms with Crippen LogP contribution in [-0.2, 0) is 17.8 Å². The molecule has 0 spiro atoms. The topological polar surface area (TPSA) is 64.3 Å². The first-order valence-corrected chi connectivity index (χ1v) is 5.44. The highest BCUT2D eigenvalue weighted by Gasteiger charge is 2.07. The van der Waals surface area contributed by atoms with Crippen molar-refractivity contribution in [3.63, 3.8) is 0 Å². The molecule has 0 atom stereocenters. The molecule has 0 heterocycles. The lowest BCUT2D eigenvalue weighted by atomic mass is 10.1. The van der Waals surface area contributed by atoms with E-state index in [0.717, 1.165) is 5.56 Å². The first-order valence-electron chi connectivity index (χ1n) is 5.44. The first-order chi connectivity index (χ1) is 8.02. The zero-order valence-corrected chi connectivity index (χ0v) is 10.00. The number of carbonyl (C=O) groups excluding carboxylic acids is 1. The Labute approximate surface area is 100.0 Å². The Morgan fingerprint density at radius 2 is 2.24 bits per heavy atom. The molecule has 1 amide bonds. The quantitative estimate of drug-likeness (QED) is 0.845. The number of hydrogen-bond donors (Lipinski definition) is 2. The molecule has 0 aliphatic heterocycles. The van der Waals surface area contributed by atoms with E-state index in [9.17, 15) is 9.18 Å². The van der Waals surface area contributed by atoms with Crippen LogP contribution in [0, 0.1) is 5.82 Å². The lowest BCUT2D eigenvalue weighted by molar-refractivity contribution is 0.115. The van der Waals surface area contributed by atoms with Crippen molar-refractivity contribution in [2.24, 2.45) is 5.73 Å². The standard InChI is InChI=1S/C12H17FN2O2/c1-8(2)17-12(16)15-7-10-4-3-9(6-14)5-11(10)13/h3-5,8H,6-7,14H2,1-2H3,(H,15,16). The lowest BCUT2D eigenvalue weighted by Gasteiger charge is -2.10. The average Bonchev–Trinajstić information content (AvgIpc) is 2.26. The highest BCUT2D eigenvalue weighted by Crippen LogP contribution is 2.10. The molecule has 0 saturated carbocycles. The summed E-state index contributed by atoms with van der Waals surface area (Å²) in [6.45, 7) is 3.88. The van der Waals surface area contributed by atoms with Crippen LogP contribution >= 0.6 is 0 Å². The van der Waals surface area contributed by atoms with Crippen LogP contribution in [0.15, 0.2) is 18.2 Å². The number of rotatable bonds is 4. The molecule has 0 aliphatic rings. The number of nitrogens with one attached hydrogen (secondary N) is 1. The molecule has 1 aromatic carbocycles. The molecule has 94 valence electrons. The number of halogens is 1. The van der Waals surface area contributed by atoms with Crippen molar-refractivity contribution < 1.29 is 13.9 Å². The minimum absolute atomic E-state index is 0.0994. The first kappa shape index (κ1) is 13.4. The predicted octanol–water partition coefficient (Wildman–Crippen LogP) is 1.92. The maximum Gasteiger partial charge on any atom is 0.407 e. The summed E-state index contributed by atoms with van der Waals surface area (Å²) in [5.74, 6) is -0.377. The fraction of sp³-hybridized carbons (Fsp3) is 0.417. The zero-order valence-electron chi connectivity index (χ0n) is 10.00. The SMILES string of the molecule is CC(C)OC(=O)NCc1ccc(CN)cc1F. The van der Waals surface area contributed by atoms with Gasteiger partial charge in [-0.1, -0.05) is 12.1 Å². The summed E-state index contributed by atoms with van der Waals surface area (Å²) in [4.78, 5) is 11.2. The van der Waals surface area contributed by atoms with Crippen molar-refractivity contribution in [2.45, 2.75) is 33.0 Å². The molecule has 3 N–H and O–H groups in total. The van der Waals surface area contributed by atoms with Crippen LogP contribution in [0.25, 0.3) is 0 Å². The number of carbonyl (C=O) groups is 1. The van der Waals surface area contributed by atoms with Crippen molar-refractivity contribution in [1.82, 2.24) is 5.32 Å². The van der Waals surface area contributed by atoms with Crippen LogP contribution in [0.1, 0.15) is 25.0 Å². The molecule has 0 unspecified atom stereocenters. The van der Waals surface area contributed by atoms with Crippen LogP contribution in [-0.4, -0.2) is 12.2 Å². The number of hydrogen-bond acceptors (Lipinski definition) is 3. The van der Waals surface area contributed by atoms with Crippen LogP contribution in [0.3, 0.4) is 0 Å². The molecule has 1 rings (SSSR count). The van der Waals surface area contributed by atoms with E-state index in [4.69, 9.17) is 10.5 Å². The predicted molar refractivity (Wildman–Crippen MR) is 62.7 cm³/mol. The number of amides is 1. The zero-order chi connectivity index (χ0) is 12.8. The van der Waals surface area contributed by atoms with Gasteiger partial charge in [-0.25, -0.2) is 9.18 Å². The van der Waals surface area contributed by atoms with Crippen LogP contribution in [0.2, 0.25) is 0 Å². The molecule has 5 heteroatoms. The molecule has 17 heavy (non-hydrogen) atoms. The van der Waals surface area contributed by atoms with E-state index < -0.39 is 6.09 Å². The van der Waals surface area contributed by atoms with Crippen molar-refractivity contribution in [2.75, 3.05) is 0 Å². The van der Waals surface area contributed by atoms with Crippen molar-refractivity contribution in [3.05, 3.63) is 35.1 Å². The van der Waals surface area contributed by atoms with Gasteiger partial charge in [-0.05, 0) is 25.5 Å². The maximum atomic E-state index is 13.5. The van der Waals surface area contributed by atoms with Gasteiger partial charge in [0.05, 0.1) is 6.10 Å².